The van der Waals surface area contributed by atoms with E-state index in [9.17, 15) is 0 Å². The Balaban J connectivity index is 1.45. The van der Waals surface area contributed by atoms with Gasteiger partial charge < -0.3 is 14.8 Å². The van der Waals surface area contributed by atoms with Gasteiger partial charge in [0, 0.05) is 26.3 Å². The molecule has 0 unspecified atom stereocenters. The van der Waals surface area contributed by atoms with Crippen molar-refractivity contribution in [3.63, 3.8) is 0 Å². The Labute approximate surface area is 98.9 Å². The summed E-state index contributed by atoms with van der Waals surface area (Å²) in [4.78, 5) is 0. The molecule has 0 atom stereocenters. The van der Waals surface area contributed by atoms with Crippen molar-refractivity contribution in [2.45, 2.75) is 44.6 Å². The van der Waals surface area contributed by atoms with Crippen molar-refractivity contribution in [3.8, 4) is 0 Å². The lowest BCUT2D eigenvalue weighted by atomic mass is 10.0. The predicted octanol–water partition coefficient (Wildman–Crippen LogP) is 1.96. The van der Waals surface area contributed by atoms with E-state index in [1.54, 1.807) is 7.11 Å². The molecule has 0 aromatic heterocycles. The second-order valence-electron chi connectivity index (χ2n) is 5.36. The van der Waals surface area contributed by atoms with Crippen LogP contribution in [0.1, 0.15) is 38.5 Å². The summed E-state index contributed by atoms with van der Waals surface area (Å²) in [6.07, 6.45) is 8.18. The zero-order valence-electron chi connectivity index (χ0n) is 10.5. The fourth-order valence-corrected chi connectivity index (χ4v) is 2.13. The predicted molar refractivity (Wildman–Crippen MR) is 64.6 cm³/mol. The normalized spacial score (nSPS) is 22.3. The Morgan fingerprint density at radius 2 is 2.00 bits per heavy atom. The van der Waals surface area contributed by atoms with Crippen molar-refractivity contribution < 1.29 is 9.47 Å². The maximum Gasteiger partial charge on any atom is 0.0700 e. The number of nitrogens with one attached hydrogen (secondary N) is 1. The molecule has 2 rings (SSSR count). The third-order valence-corrected chi connectivity index (χ3v) is 3.73. The standard InChI is InChI=1S/C13H25NO2/c1-15-9-10-16-8-2-5-13(6-7-13)11-14-12-3-4-12/h12,14H,2-11H2,1H3. The van der Waals surface area contributed by atoms with Crippen molar-refractivity contribution in [1.82, 2.24) is 5.32 Å². The Morgan fingerprint density at radius 1 is 1.19 bits per heavy atom. The Hall–Kier alpha value is -0.120. The topological polar surface area (TPSA) is 30.5 Å². The summed E-state index contributed by atoms with van der Waals surface area (Å²) in [7, 11) is 1.71. The third kappa shape index (κ3) is 4.40. The summed E-state index contributed by atoms with van der Waals surface area (Å²) in [5.41, 5.74) is 0.646. The first-order chi connectivity index (χ1) is 7.85. The van der Waals surface area contributed by atoms with Gasteiger partial charge in [-0.05, 0) is 43.9 Å². The number of ether oxygens (including phenoxy) is 2. The monoisotopic (exact) mass is 227 g/mol. The summed E-state index contributed by atoms with van der Waals surface area (Å²) in [5.74, 6) is 0. The molecule has 0 aliphatic heterocycles. The maximum atomic E-state index is 5.49. The van der Waals surface area contributed by atoms with Gasteiger partial charge >= 0.3 is 0 Å². The second-order valence-corrected chi connectivity index (χ2v) is 5.36. The van der Waals surface area contributed by atoms with Crippen LogP contribution in [0.4, 0.5) is 0 Å². The first kappa shape index (κ1) is 12.3. The lowest BCUT2D eigenvalue weighted by Crippen LogP contribution is -2.26. The highest BCUT2D eigenvalue weighted by Gasteiger charge is 2.42. The molecule has 0 amide bonds. The average Bonchev–Trinajstić information content (AvgIpc) is 3.15. The maximum absolute atomic E-state index is 5.49. The van der Waals surface area contributed by atoms with Gasteiger partial charge in [0.1, 0.15) is 0 Å². The molecular formula is C13H25NO2. The summed E-state index contributed by atoms with van der Waals surface area (Å²) < 4.78 is 10.4. The molecule has 0 saturated heterocycles. The SMILES string of the molecule is COCCOCCCC1(CNC2CC2)CC1. The van der Waals surface area contributed by atoms with Crippen LogP contribution in [-0.2, 0) is 9.47 Å². The molecule has 0 aromatic rings. The first-order valence-electron chi connectivity index (χ1n) is 6.65. The molecule has 2 fully saturated rings. The van der Waals surface area contributed by atoms with Crippen LogP contribution in [-0.4, -0.2) is 39.5 Å². The third-order valence-electron chi connectivity index (χ3n) is 3.73. The molecule has 0 radical (unpaired) electrons. The van der Waals surface area contributed by atoms with Gasteiger partial charge in [-0.15, -0.1) is 0 Å². The van der Waals surface area contributed by atoms with Gasteiger partial charge in [-0.25, -0.2) is 0 Å². The van der Waals surface area contributed by atoms with E-state index < -0.39 is 0 Å². The zero-order chi connectivity index (χ0) is 11.3. The molecule has 94 valence electrons. The lowest BCUT2D eigenvalue weighted by Gasteiger charge is -2.15. The van der Waals surface area contributed by atoms with E-state index in [2.05, 4.69) is 5.32 Å². The average molecular weight is 227 g/mol. The van der Waals surface area contributed by atoms with Crippen LogP contribution in [0.2, 0.25) is 0 Å². The van der Waals surface area contributed by atoms with E-state index in [1.807, 2.05) is 0 Å². The van der Waals surface area contributed by atoms with Crippen LogP contribution >= 0.6 is 0 Å². The Morgan fingerprint density at radius 3 is 2.62 bits per heavy atom. The summed E-state index contributed by atoms with van der Waals surface area (Å²) in [6, 6.07) is 0.857. The molecule has 2 aliphatic rings. The molecule has 3 heteroatoms. The minimum Gasteiger partial charge on any atom is -0.382 e. The van der Waals surface area contributed by atoms with Crippen molar-refractivity contribution in [2.24, 2.45) is 5.41 Å². The lowest BCUT2D eigenvalue weighted by molar-refractivity contribution is 0.0667. The molecule has 2 aliphatic carbocycles. The zero-order valence-corrected chi connectivity index (χ0v) is 10.5. The first-order valence-corrected chi connectivity index (χ1v) is 6.65. The van der Waals surface area contributed by atoms with Crippen molar-refractivity contribution in [2.75, 3.05) is 33.5 Å². The smallest absolute Gasteiger partial charge is 0.0700 e. The molecule has 2 saturated carbocycles. The number of hydrogen-bond acceptors (Lipinski definition) is 3. The fourth-order valence-electron chi connectivity index (χ4n) is 2.13. The van der Waals surface area contributed by atoms with E-state index in [-0.39, 0.29) is 0 Å². The van der Waals surface area contributed by atoms with Crippen molar-refractivity contribution in [3.05, 3.63) is 0 Å². The van der Waals surface area contributed by atoms with Crippen LogP contribution < -0.4 is 5.32 Å². The molecule has 0 bridgehead atoms. The fraction of sp³-hybridized carbons (Fsp3) is 1.00. The number of methoxy groups -OCH3 is 1. The van der Waals surface area contributed by atoms with E-state index in [1.165, 1.54) is 45.1 Å². The summed E-state index contributed by atoms with van der Waals surface area (Å²) in [6.45, 7) is 3.60. The van der Waals surface area contributed by atoms with E-state index in [0.29, 0.717) is 12.0 Å². The van der Waals surface area contributed by atoms with Gasteiger partial charge in [0.25, 0.3) is 0 Å². The minimum atomic E-state index is 0.646. The van der Waals surface area contributed by atoms with Gasteiger partial charge in [0.05, 0.1) is 13.2 Å². The molecular weight excluding hydrogens is 202 g/mol. The van der Waals surface area contributed by atoms with E-state index in [4.69, 9.17) is 9.47 Å². The molecule has 0 spiro atoms. The van der Waals surface area contributed by atoms with Gasteiger partial charge in [-0.1, -0.05) is 0 Å². The highest BCUT2D eigenvalue weighted by molar-refractivity contribution is 4.96. The van der Waals surface area contributed by atoms with Gasteiger partial charge in [0.15, 0.2) is 0 Å². The summed E-state index contributed by atoms with van der Waals surface area (Å²) in [5, 5.41) is 3.66. The number of hydrogen-bond donors (Lipinski definition) is 1. The molecule has 1 N–H and O–H groups in total. The van der Waals surface area contributed by atoms with Gasteiger partial charge in [-0.3, -0.25) is 0 Å². The van der Waals surface area contributed by atoms with Crippen LogP contribution in [0.15, 0.2) is 0 Å². The van der Waals surface area contributed by atoms with Crippen LogP contribution in [0.25, 0.3) is 0 Å². The number of rotatable bonds is 10. The highest BCUT2D eigenvalue weighted by Crippen LogP contribution is 2.49. The second kappa shape index (κ2) is 5.99. The molecule has 0 aromatic carbocycles. The van der Waals surface area contributed by atoms with Gasteiger partial charge in [0.2, 0.25) is 0 Å². The van der Waals surface area contributed by atoms with Crippen LogP contribution in [0.5, 0.6) is 0 Å². The van der Waals surface area contributed by atoms with Crippen LogP contribution in [0, 0.1) is 5.41 Å². The van der Waals surface area contributed by atoms with E-state index >= 15 is 0 Å². The van der Waals surface area contributed by atoms with Gasteiger partial charge in [-0.2, -0.15) is 0 Å². The molecule has 16 heavy (non-hydrogen) atoms. The summed E-state index contributed by atoms with van der Waals surface area (Å²) >= 11 is 0. The molecule has 0 heterocycles. The van der Waals surface area contributed by atoms with Crippen molar-refractivity contribution >= 4 is 0 Å². The Bertz CT molecular complexity index is 200. The minimum absolute atomic E-state index is 0.646. The highest BCUT2D eigenvalue weighted by atomic mass is 16.5. The van der Waals surface area contributed by atoms with Crippen LogP contribution in [0.3, 0.4) is 0 Å². The largest absolute Gasteiger partial charge is 0.382 e. The quantitative estimate of drug-likeness (QED) is 0.579. The molecule has 3 nitrogen and oxygen atoms in total. The Kier molecular flexibility index (Phi) is 4.62. The van der Waals surface area contributed by atoms with Crippen molar-refractivity contribution in [1.29, 1.82) is 0 Å². The van der Waals surface area contributed by atoms with E-state index in [0.717, 1.165) is 19.3 Å².